The summed E-state index contributed by atoms with van der Waals surface area (Å²) in [6.45, 7) is 0.211. The molecule has 0 bridgehead atoms. The highest BCUT2D eigenvalue weighted by molar-refractivity contribution is 5.78. The molecule has 1 unspecified atom stereocenters. The molecule has 0 spiro atoms. The molecule has 19 heavy (non-hydrogen) atoms. The molecule has 1 aromatic carbocycles. The van der Waals surface area contributed by atoms with Crippen LogP contribution in [-0.4, -0.2) is 26.2 Å². The van der Waals surface area contributed by atoms with Crippen molar-refractivity contribution in [3.05, 3.63) is 34.4 Å². The number of rotatable bonds is 3. The van der Waals surface area contributed by atoms with Gasteiger partial charge in [0, 0.05) is 12.7 Å². The molecule has 0 aliphatic carbocycles. The van der Waals surface area contributed by atoms with Gasteiger partial charge in [0.25, 0.3) is 0 Å². The van der Waals surface area contributed by atoms with Crippen molar-refractivity contribution in [1.82, 2.24) is 0 Å². The van der Waals surface area contributed by atoms with Crippen LogP contribution in [0.3, 0.4) is 0 Å². The van der Waals surface area contributed by atoms with Crippen LogP contribution in [0.15, 0.2) is 12.1 Å². The molecule has 1 aromatic rings. The van der Waals surface area contributed by atoms with E-state index >= 15 is 0 Å². The molecule has 2 rings (SSSR count). The molecule has 1 aliphatic heterocycles. The van der Waals surface area contributed by atoms with Crippen molar-refractivity contribution in [2.45, 2.75) is 25.3 Å². The lowest BCUT2D eigenvalue weighted by Crippen LogP contribution is -2.29. The van der Waals surface area contributed by atoms with Gasteiger partial charge in [0.1, 0.15) is 6.29 Å². The number of carbonyl (C=O) groups excluding carboxylic acids is 1. The van der Waals surface area contributed by atoms with E-state index < -0.39 is 12.3 Å². The van der Waals surface area contributed by atoms with E-state index in [-0.39, 0.29) is 24.3 Å². The third kappa shape index (κ3) is 2.79. The monoisotopic (exact) mass is 274 g/mol. The SMILES string of the molecule is COCc1cc2c(cc1C=O)C(C(F)(F)F)OCC2. The number of fused-ring (bicyclic) bond motifs is 1. The molecular formula is C13H13F3O3. The second-order valence-electron chi connectivity index (χ2n) is 4.34. The Morgan fingerprint density at radius 2 is 2.21 bits per heavy atom. The predicted octanol–water partition coefficient (Wildman–Crippen LogP) is 2.82. The quantitative estimate of drug-likeness (QED) is 0.795. The van der Waals surface area contributed by atoms with Gasteiger partial charge in [-0.1, -0.05) is 6.07 Å². The molecule has 0 amide bonds. The van der Waals surface area contributed by atoms with Crippen molar-refractivity contribution in [1.29, 1.82) is 0 Å². The largest absolute Gasteiger partial charge is 0.418 e. The second-order valence-corrected chi connectivity index (χ2v) is 4.34. The number of carbonyl (C=O) groups is 1. The lowest BCUT2D eigenvalue weighted by Gasteiger charge is -2.28. The van der Waals surface area contributed by atoms with Crippen LogP contribution in [0, 0.1) is 0 Å². The van der Waals surface area contributed by atoms with Gasteiger partial charge in [-0.2, -0.15) is 13.2 Å². The summed E-state index contributed by atoms with van der Waals surface area (Å²) in [5, 5.41) is 0. The van der Waals surface area contributed by atoms with Gasteiger partial charge in [0.2, 0.25) is 0 Å². The molecule has 6 heteroatoms. The summed E-state index contributed by atoms with van der Waals surface area (Å²) in [7, 11) is 1.47. The molecule has 0 radical (unpaired) electrons. The van der Waals surface area contributed by atoms with Crippen molar-refractivity contribution < 1.29 is 27.4 Å². The fourth-order valence-corrected chi connectivity index (χ4v) is 2.23. The van der Waals surface area contributed by atoms with E-state index in [1.165, 1.54) is 13.2 Å². The van der Waals surface area contributed by atoms with E-state index in [1.54, 1.807) is 6.07 Å². The maximum atomic E-state index is 12.9. The number of alkyl halides is 3. The van der Waals surface area contributed by atoms with E-state index in [9.17, 15) is 18.0 Å². The molecule has 0 aromatic heterocycles. The number of hydrogen-bond acceptors (Lipinski definition) is 3. The van der Waals surface area contributed by atoms with Crippen molar-refractivity contribution in [2.24, 2.45) is 0 Å². The first-order chi connectivity index (χ1) is 8.97. The number of methoxy groups -OCH3 is 1. The lowest BCUT2D eigenvalue weighted by molar-refractivity contribution is -0.227. The van der Waals surface area contributed by atoms with Gasteiger partial charge in [-0.15, -0.1) is 0 Å². The summed E-state index contributed by atoms with van der Waals surface area (Å²) in [6, 6.07) is 2.86. The Morgan fingerprint density at radius 1 is 1.47 bits per heavy atom. The van der Waals surface area contributed by atoms with Gasteiger partial charge in [0.15, 0.2) is 6.10 Å². The van der Waals surface area contributed by atoms with Gasteiger partial charge in [-0.25, -0.2) is 0 Å². The smallest absolute Gasteiger partial charge is 0.380 e. The zero-order valence-electron chi connectivity index (χ0n) is 10.3. The summed E-state index contributed by atoms with van der Waals surface area (Å²) < 4.78 is 48.3. The van der Waals surface area contributed by atoms with Gasteiger partial charge < -0.3 is 9.47 Å². The highest BCUT2D eigenvalue weighted by Gasteiger charge is 2.44. The highest BCUT2D eigenvalue weighted by Crippen LogP contribution is 2.40. The number of aldehydes is 1. The Balaban J connectivity index is 2.50. The zero-order chi connectivity index (χ0) is 14.0. The van der Waals surface area contributed by atoms with E-state index in [1.807, 2.05) is 0 Å². The van der Waals surface area contributed by atoms with Crippen molar-refractivity contribution in [3.8, 4) is 0 Å². The molecule has 0 fully saturated rings. The number of ether oxygens (including phenoxy) is 2. The molecule has 104 valence electrons. The van der Waals surface area contributed by atoms with Crippen molar-refractivity contribution in [2.75, 3.05) is 13.7 Å². The minimum Gasteiger partial charge on any atom is -0.380 e. The summed E-state index contributed by atoms with van der Waals surface area (Å²) in [4.78, 5) is 11.0. The predicted molar refractivity (Wildman–Crippen MR) is 61.0 cm³/mol. The summed E-state index contributed by atoms with van der Waals surface area (Å²) in [6.07, 6.45) is -5.49. The van der Waals surface area contributed by atoms with Gasteiger partial charge in [-0.05, 0) is 29.2 Å². The fraction of sp³-hybridized carbons (Fsp3) is 0.462. The standard InChI is InChI=1S/C13H13F3O3/c1-18-7-10-4-8-2-3-19-12(13(14,15)16)11(8)5-9(10)6-17/h4-6,12H,2-3,7H2,1H3. The molecule has 3 nitrogen and oxygen atoms in total. The van der Waals surface area contributed by atoms with Crippen molar-refractivity contribution in [3.63, 3.8) is 0 Å². The summed E-state index contributed by atoms with van der Waals surface area (Å²) in [5.74, 6) is 0. The zero-order valence-corrected chi connectivity index (χ0v) is 10.3. The minimum absolute atomic E-state index is 0.0179. The van der Waals surface area contributed by atoms with E-state index in [4.69, 9.17) is 9.47 Å². The first kappa shape index (κ1) is 14.0. The normalized spacial score (nSPS) is 19.1. The van der Waals surface area contributed by atoms with Gasteiger partial charge in [0.05, 0.1) is 13.2 Å². The molecule has 1 atom stereocenters. The fourth-order valence-electron chi connectivity index (χ4n) is 2.23. The number of benzene rings is 1. The first-order valence-corrected chi connectivity index (χ1v) is 5.75. The van der Waals surface area contributed by atoms with E-state index in [2.05, 4.69) is 0 Å². The van der Waals surface area contributed by atoms with Crippen LogP contribution in [0.1, 0.15) is 33.2 Å². The molecule has 1 heterocycles. The van der Waals surface area contributed by atoms with Crippen molar-refractivity contribution >= 4 is 6.29 Å². The van der Waals surface area contributed by atoms with Crippen LogP contribution in [0.2, 0.25) is 0 Å². The van der Waals surface area contributed by atoms with Gasteiger partial charge in [-0.3, -0.25) is 4.79 Å². The van der Waals surface area contributed by atoms with Crippen LogP contribution < -0.4 is 0 Å². The van der Waals surface area contributed by atoms with E-state index in [0.29, 0.717) is 23.8 Å². The maximum Gasteiger partial charge on any atom is 0.418 e. The third-order valence-electron chi connectivity index (χ3n) is 3.06. The number of hydrogen-bond donors (Lipinski definition) is 0. The Labute approximate surface area is 108 Å². The van der Waals surface area contributed by atoms with Crippen LogP contribution in [0.4, 0.5) is 13.2 Å². The van der Waals surface area contributed by atoms with Crippen LogP contribution >= 0.6 is 0 Å². The Bertz CT molecular complexity index is 483. The maximum absolute atomic E-state index is 12.9. The van der Waals surface area contributed by atoms with Crippen LogP contribution in [-0.2, 0) is 22.5 Å². The molecule has 0 saturated heterocycles. The van der Waals surface area contributed by atoms with Gasteiger partial charge >= 0.3 is 6.18 Å². The topological polar surface area (TPSA) is 35.5 Å². The lowest BCUT2D eigenvalue weighted by atomic mass is 9.92. The second kappa shape index (κ2) is 5.30. The Morgan fingerprint density at radius 3 is 2.79 bits per heavy atom. The molecule has 0 saturated carbocycles. The summed E-state index contributed by atoms with van der Waals surface area (Å²) >= 11 is 0. The highest BCUT2D eigenvalue weighted by atomic mass is 19.4. The minimum atomic E-state index is -4.47. The average molecular weight is 274 g/mol. The molecule has 1 aliphatic rings. The Kier molecular flexibility index (Phi) is 3.91. The Hall–Kier alpha value is -1.40. The number of halogens is 3. The average Bonchev–Trinajstić information content (AvgIpc) is 2.36. The molecular weight excluding hydrogens is 261 g/mol. The summed E-state index contributed by atoms with van der Waals surface area (Å²) in [5.41, 5.74) is 1.39. The van der Waals surface area contributed by atoms with Crippen LogP contribution in [0.5, 0.6) is 0 Å². The van der Waals surface area contributed by atoms with Crippen LogP contribution in [0.25, 0.3) is 0 Å². The first-order valence-electron chi connectivity index (χ1n) is 5.75. The van der Waals surface area contributed by atoms with E-state index in [0.717, 1.165) is 0 Å². The molecule has 0 N–H and O–H groups in total. The third-order valence-corrected chi connectivity index (χ3v) is 3.06.